The average Bonchev–Trinajstić information content (AvgIpc) is 3.16. The van der Waals surface area contributed by atoms with Gasteiger partial charge in [-0.1, -0.05) is 30.3 Å². The minimum atomic E-state index is -3.69. The van der Waals surface area contributed by atoms with Gasteiger partial charge in [-0.15, -0.1) is 0 Å². The van der Waals surface area contributed by atoms with Crippen LogP contribution in [0.3, 0.4) is 0 Å². The van der Waals surface area contributed by atoms with Crippen molar-refractivity contribution in [1.82, 2.24) is 4.72 Å². The van der Waals surface area contributed by atoms with Crippen molar-refractivity contribution in [2.75, 3.05) is 6.61 Å². The largest absolute Gasteiger partial charge is 0.492 e. The fourth-order valence-electron chi connectivity index (χ4n) is 2.72. The number of hydrogen-bond donors (Lipinski definition) is 1. The van der Waals surface area contributed by atoms with Gasteiger partial charge in [-0.2, -0.15) is 11.3 Å². The maximum atomic E-state index is 12.9. The van der Waals surface area contributed by atoms with Crippen molar-refractivity contribution in [2.24, 2.45) is 0 Å². The van der Waals surface area contributed by atoms with Crippen LogP contribution in [0.25, 0.3) is 11.1 Å². The molecule has 0 saturated carbocycles. The predicted octanol–water partition coefficient (Wildman–Crippen LogP) is 4.60. The van der Waals surface area contributed by atoms with E-state index in [0.29, 0.717) is 12.4 Å². The maximum Gasteiger partial charge on any atom is 0.244 e. The molecule has 0 saturated heterocycles. The lowest BCUT2D eigenvalue weighted by atomic mass is 10.0. The molecule has 2 aromatic carbocycles. The molecule has 0 amide bonds. The molecule has 3 aromatic rings. The van der Waals surface area contributed by atoms with E-state index in [-0.39, 0.29) is 11.4 Å². The van der Waals surface area contributed by atoms with Gasteiger partial charge in [0, 0.05) is 6.54 Å². The molecule has 0 spiro atoms. The fourth-order valence-corrected chi connectivity index (χ4v) is 4.61. The van der Waals surface area contributed by atoms with E-state index in [2.05, 4.69) is 10.1 Å². The van der Waals surface area contributed by atoms with Crippen molar-refractivity contribution in [1.29, 1.82) is 0 Å². The maximum absolute atomic E-state index is 12.9. The van der Waals surface area contributed by atoms with E-state index in [0.717, 1.165) is 22.3 Å². The first-order chi connectivity index (χ1) is 12.5. The van der Waals surface area contributed by atoms with Gasteiger partial charge < -0.3 is 4.74 Å². The Bertz CT molecular complexity index is 980. The lowest BCUT2D eigenvalue weighted by Crippen LogP contribution is -2.24. The lowest BCUT2D eigenvalue weighted by molar-refractivity contribution is 0.331. The molecule has 6 heteroatoms. The highest BCUT2D eigenvalue weighted by Crippen LogP contribution is 2.28. The highest BCUT2D eigenvalue weighted by atomic mass is 32.2. The Hall–Kier alpha value is -2.15. The number of hydrogen-bond acceptors (Lipinski definition) is 4. The summed E-state index contributed by atoms with van der Waals surface area (Å²) in [6, 6.07) is 15.0. The average molecular weight is 388 g/mol. The summed E-state index contributed by atoms with van der Waals surface area (Å²) in [4.78, 5) is 0.173. The highest BCUT2D eigenvalue weighted by molar-refractivity contribution is 7.89. The Morgan fingerprint density at radius 2 is 1.92 bits per heavy atom. The standard InChI is InChI=1S/C20H21NO3S2/c1-3-24-19-9-8-15(2)12-20(19)26(22,23)21-13-16-6-4-5-7-18(16)17-10-11-25-14-17/h4-12,14,21H,3,13H2,1-2H3. The quantitative estimate of drug-likeness (QED) is 0.644. The summed E-state index contributed by atoms with van der Waals surface area (Å²) in [5.74, 6) is 0.372. The minimum Gasteiger partial charge on any atom is -0.492 e. The second-order valence-electron chi connectivity index (χ2n) is 5.88. The van der Waals surface area contributed by atoms with Gasteiger partial charge in [-0.3, -0.25) is 0 Å². The Morgan fingerprint density at radius 3 is 2.65 bits per heavy atom. The third-order valence-corrected chi connectivity index (χ3v) is 6.10. The third kappa shape index (κ3) is 4.15. The summed E-state index contributed by atoms with van der Waals surface area (Å²) >= 11 is 1.62. The fraction of sp³-hybridized carbons (Fsp3) is 0.200. The number of sulfonamides is 1. The molecular weight excluding hydrogens is 366 g/mol. The zero-order valence-electron chi connectivity index (χ0n) is 14.7. The first-order valence-corrected chi connectivity index (χ1v) is 10.8. The smallest absolute Gasteiger partial charge is 0.244 e. The van der Waals surface area contributed by atoms with Crippen LogP contribution in [-0.4, -0.2) is 15.0 Å². The number of rotatable bonds is 7. The molecule has 1 aromatic heterocycles. The van der Waals surface area contributed by atoms with E-state index in [9.17, 15) is 8.42 Å². The molecule has 4 nitrogen and oxygen atoms in total. The van der Waals surface area contributed by atoms with Crippen molar-refractivity contribution >= 4 is 21.4 Å². The summed E-state index contributed by atoms with van der Waals surface area (Å²) in [7, 11) is -3.69. The van der Waals surface area contributed by atoms with E-state index in [1.54, 1.807) is 23.5 Å². The van der Waals surface area contributed by atoms with Crippen molar-refractivity contribution in [3.05, 3.63) is 70.4 Å². The monoisotopic (exact) mass is 387 g/mol. The molecule has 0 aliphatic carbocycles. The first kappa shape index (κ1) is 18.6. The van der Waals surface area contributed by atoms with Crippen molar-refractivity contribution in [2.45, 2.75) is 25.3 Å². The Balaban J connectivity index is 1.88. The van der Waals surface area contributed by atoms with Gasteiger partial charge in [0.25, 0.3) is 0 Å². The topological polar surface area (TPSA) is 55.4 Å². The van der Waals surface area contributed by atoms with Crippen molar-refractivity contribution < 1.29 is 13.2 Å². The minimum absolute atomic E-state index is 0.173. The molecule has 0 bridgehead atoms. The molecule has 26 heavy (non-hydrogen) atoms. The molecule has 0 atom stereocenters. The zero-order chi connectivity index (χ0) is 18.6. The molecule has 3 rings (SSSR count). The normalized spacial score (nSPS) is 11.5. The molecule has 1 N–H and O–H groups in total. The summed E-state index contributed by atoms with van der Waals surface area (Å²) in [5.41, 5.74) is 3.92. The predicted molar refractivity (Wildman–Crippen MR) is 106 cm³/mol. The zero-order valence-corrected chi connectivity index (χ0v) is 16.4. The number of aryl methyl sites for hydroxylation is 1. The molecule has 0 aliphatic heterocycles. The molecule has 0 unspecified atom stereocenters. The number of benzene rings is 2. The summed E-state index contributed by atoms with van der Waals surface area (Å²) in [6.07, 6.45) is 0. The van der Waals surface area contributed by atoms with Gasteiger partial charge in [0.15, 0.2) is 0 Å². The second-order valence-corrected chi connectivity index (χ2v) is 8.39. The van der Waals surface area contributed by atoms with Gasteiger partial charge in [-0.05, 0) is 65.1 Å². The van der Waals surface area contributed by atoms with Crippen LogP contribution < -0.4 is 9.46 Å². The van der Waals surface area contributed by atoms with Crippen LogP contribution in [0.1, 0.15) is 18.1 Å². The Labute approximate surface area is 158 Å². The van der Waals surface area contributed by atoms with Crippen LogP contribution in [0.5, 0.6) is 5.75 Å². The van der Waals surface area contributed by atoms with Gasteiger partial charge in [0.2, 0.25) is 10.0 Å². The molecule has 0 radical (unpaired) electrons. The van der Waals surface area contributed by atoms with E-state index in [1.165, 1.54) is 0 Å². The molecular formula is C20H21NO3S2. The highest BCUT2D eigenvalue weighted by Gasteiger charge is 2.20. The van der Waals surface area contributed by atoms with Gasteiger partial charge in [0.05, 0.1) is 6.61 Å². The van der Waals surface area contributed by atoms with E-state index in [4.69, 9.17) is 4.74 Å². The van der Waals surface area contributed by atoms with Gasteiger partial charge in [-0.25, -0.2) is 13.1 Å². The Morgan fingerprint density at radius 1 is 1.12 bits per heavy atom. The van der Waals surface area contributed by atoms with Crippen LogP contribution in [0, 0.1) is 6.92 Å². The van der Waals surface area contributed by atoms with E-state index in [1.807, 2.05) is 55.6 Å². The SMILES string of the molecule is CCOc1ccc(C)cc1S(=O)(=O)NCc1ccccc1-c1ccsc1. The van der Waals surface area contributed by atoms with Crippen LogP contribution in [0.2, 0.25) is 0 Å². The summed E-state index contributed by atoms with van der Waals surface area (Å²) < 4.78 is 33.9. The Kier molecular flexibility index (Phi) is 5.76. The summed E-state index contributed by atoms with van der Waals surface area (Å²) in [6.45, 7) is 4.32. The van der Waals surface area contributed by atoms with Gasteiger partial charge in [0.1, 0.15) is 10.6 Å². The number of ether oxygens (including phenoxy) is 1. The summed E-state index contributed by atoms with van der Waals surface area (Å²) in [5, 5.41) is 4.07. The molecule has 136 valence electrons. The first-order valence-electron chi connectivity index (χ1n) is 8.35. The van der Waals surface area contributed by atoms with Crippen molar-refractivity contribution in [3.8, 4) is 16.9 Å². The third-order valence-electron chi connectivity index (χ3n) is 3.99. The van der Waals surface area contributed by atoms with Crippen LogP contribution in [-0.2, 0) is 16.6 Å². The lowest BCUT2D eigenvalue weighted by Gasteiger charge is -2.14. The van der Waals surface area contributed by atoms with E-state index >= 15 is 0 Å². The molecule has 0 aliphatic rings. The van der Waals surface area contributed by atoms with E-state index < -0.39 is 10.0 Å². The molecule has 0 fully saturated rings. The van der Waals surface area contributed by atoms with Gasteiger partial charge >= 0.3 is 0 Å². The second kappa shape index (κ2) is 8.03. The van der Waals surface area contributed by atoms with Crippen molar-refractivity contribution in [3.63, 3.8) is 0 Å². The van der Waals surface area contributed by atoms with Crippen LogP contribution in [0.4, 0.5) is 0 Å². The van der Waals surface area contributed by atoms with Crippen LogP contribution >= 0.6 is 11.3 Å². The number of thiophene rings is 1. The molecule has 1 heterocycles. The number of nitrogens with one attached hydrogen (secondary N) is 1. The van der Waals surface area contributed by atoms with Crippen LogP contribution in [0.15, 0.2) is 64.2 Å².